The number of benzene rings is 1. The molecule has 7 heteroatoms. The number of carboxylic acids is 1. The molecule has 1 amide bonds. The molecule has 25 heavy (non-hydrogen) atoms. The van der Waals surface area contributed by atoms with Gasteiger partial charge in [-0.2, -0.15) is 0 Å². The Morgan fingerprint density at radius 2 is 2.08 bits per heavy atom. The predicted octanol–water partition coefficient (Wildman–Crippen LogP) is 2.94. The second-order valence-electron chi connectivity index (χ2n) is 5.90. The SMILES string of the molecule is Cc1cc(C(=O)NC(Cc2c[nH]c3cc(F)ccc23)C(=O)O)c(C)o1. The van der Waals surface area contributed by atoms with E-state index in [4.69, 9.17) is 4.42 Å². The van der Waals surface area contributed by atoms with E-state index in [2.05, 4.69) is 10.3 Å². The highest BCUT2D eigenvalue weighted by molar-refractivity contribution is 5.97. The van der Waals surface area contributed by atoms with E-state index in [9.17, 15) is 19.1 Å². The van der Waals surface area contributed by atoms with Crippen molar-refractivity contribution >= 4 is 22.8 Å². The van der Waals surface area contributed by atoms with Crippen LogP contribution in [0, 0.1) is 19.7 Å². The van der Waals surface area contributed by atoms with E-state index >= 15 is 0 Å². The molecule has 1 aromatic carbocycles. The summed E-state index contributed by atoms with van der Waals surface area (Å²) in [5, 5.41) is 12.7. The van der Waals surface area contributed by atoms with Crippen LogP contribution in [0.4, 0.5) is 4.39 Å². The standard InChI is InChI=1S/C18H17FN2O4/c1-9-5-14(10(2)25-9)17(22)21-16(18(23)24)6-11-8-20-15-7-12(19)3-4-13(11)15/h3-5,7-8,16,20H,6H2,1-2H3,(H,21,22)(H,23,24). The van der Waals surface area contributed by atoms with E-state index in [0.717, 1.165) is 5.39 Å². The van der Waals surface area contributed by atoms with Gasteiger partial charge in [0, 0.05) is 23.5 Å². The lowest BCUT2D eigenvalue weighted by Gasteiger charge is -2.14. The van der Waals surface area contributed by atoms with Gasteiger partial charge >= 0.3 is 5.97 Å². The molecule has 0 aliphatic rings. The van der Waals surface area contributed by atoms with Gasteiger partial charge in [-0.1, -0.05) is 0 Å². The lowest BCUT2D eigenvalue weighted by Crippen LogP contribution is -2.42. The third kappa shape index (κ3) is 3.40. The Morgan fingerprint density at radius 1 is 1.32 bits per heavy atom. The molecule has 130 valence electrons. The Morgan fingerprint density at radius 3 is 2.72 bits per heavy atom. The number of carbonyl (C=O) groups excluding carboxylic acids is 1. The maximum absolute atomic E-state index is 13.3. The fourth-order valence-electron chi connectivity index (χ4n) is 2.84. The van der Waals surface area contributed by atoms with Gasteiger partial charge < -0.3 is 19.8 Å². The Hall–Kier alpha value is -3.09. The molecular formula is C18H17FN2O4. The normalized spacial score (nSPS) is 12.3. The van der Waals surface area contributed by atoms with Crippen LogP contribution in [0.5, 0.6) is 0 Å². The van der Waals surface area contributed by atoms with E-state index in [1.807, 2.05) is 0 Å². The summed E-state index contributed by atoms with van der Waals surface area (Å²) < 4.78 is 18.6. The minimum Gasteiger partial charge on any atom is -0.480 e. The van der Waals surface area contributed by atoms with Crippen molar-refractivity contribution in [1.29, 1.82) is 0 Å². The van der Waals surface area contributed by atoms with E-state index < -0.39 is 17.9 Å². The van der Waals surface area contributed by atoms with Gasteiger partial charge in [-0.05, 0) is 43.7 Å². The zero-order valence-electron chi connectivity index (χ0n) is 13.7. The number of hydrogen-bond acceptors (Lipinski definition) is 3. The number of rotatable bonds is 5. The number of carboxylic acid groups (broad SMARTS) is 1. The van der Waals surface area contributed by atoms with E-state index in [-0.39, 0.29) is 12.2 Å². The lowest BCUT2D eigenvalue weighted by molar-refractivity contribution is -0.139. The van der Waals surface area contributed by atoms with Crippen molar-refractivity contribution in [2.75, 3.05) is 0 Å². The van der Waals surface area contributed by atoms with Gasteiger partial charge in [-0.3, -0.25) is 4.79 Å². The van der Waals surface area contributed by atoms with Gasteiger partial charge in [0.25, 0.3) is 5.91 Å². The summed E-state index contributed by atoms with van der Waals surface area (Å²) in [5.41, 5.74) is 1.57. The van der Waals surface area contributed by atoms with Gasteiger partial charge in [-0.15, -0.1) is 0 Å². The first-order valence-corrected chi connectivity index (χ1v) is 7.71. The molecule has 3 aromatic rings. The highest BCUT2D eigenvalue weighted by atomic mass is 19.1. The maximum Gasteiger partial charge on any atom is 0.326 e. The van der Waals surface area contributed by atoms with Crippen LogP contribution in [-0.4, -0.2) is 28.0 Å². The number of nitrogens with one attached hydrogen (secondary N) is 2. The third-order valence-electron chi connectivity index (χ3n) is 4.04. The number of halogens is 1. The Bertz CT molecular complexity index is 957. The van der Waals surface area contributed by atoms with Crippen molar-refractivity contribution in [3.05, 3.63) is 58.9 Å². The van der Waals surface area contributed by atoms with Gasteiger partial charge in [0.05, 0.1) is 5.56 Å². The van der Waals surface area contributed by atoms with Gasteiger partial charge in [-0.25, -0.2) is 9.18 Å². The first-order valence-electron chi connectivity index (χ1n) is 7.71. The molecule has 0 saturated heterocycles. The zero-order valence-corrected chi connectivity index (χ0v) is 13.7. The van der Waals surface area contributed by atoms with E-state index in [0.29, 0.717) is 28.2 Å². The quantitative estimate of drug-likeness (QED) is 0.663. The fourth-order valence-corrected chi connectivity index (χ4v) is 2.84. The van der Waals surface area contributed by atoms with Gasteiger partial charge in [0.15, 0.2) is 0 Å². The summed E-state index contributed by atoms with van der Waals surface area (Å²) >= 11 is 0. The summed E-state index contributed by atoms with van der Waals surface area (Å²) in [7, 11) is 0. The van der Waals surface area contributed by atoms with E-state index in [1.54, 1.807) is 32.2 Å². The van der Waals surface area contributed by atoms with Crippen molar-refractivity contribution in [2.45, 2.75) is 26.3 Å². The number of furan rings is 1. The topological polar surface area (TPSA) is 95.3 Å². The van der Waals surface area contributed by atoms with Crippen LogP contribution >= 0.6 is 0 Å². The Labute approximate surface area is 142 Å². The predicted molar refractivity (Wildman–Crippen MR) is 89.0 cm³/mol. The number of amides is 1. The number of aryl methyl sites for hydroxylation is 2. The summed E-state index contributed by atoms with van der Waals surface area (Å²) in [5.74, 6) is -1.03. The number of hydrogen-bond donors (Lipinski definition) is 3. The largest absolute Gasteiger partial charge is 0.480 e. The fraction of sp³-hybridized carbons (Fsp3) is 0.222. The van der Waals surface area contributed by atoms with Crippen molar-refractivity contribution in [1.82, 2.24) is 10.3 Å². The summed E-state index contributed by atoms with van der Waals surface area (Å²) in [6.45, 7) is 3.36. The molecule has 0 bridgehead atoms. The van der Waals surface area contributed by atoms with Crippen LogP contribution in [0.3, 0.4) is 0 Å². The smallest absolute Gasteiger partial charge is 0.326 e. The molecular weight excluding hydrogens is 327 g/mol. The van der Waals surface area contributed by atoms with Crippen LogP contribution in [0.25, 0.3) is 10.9 Å². The minimum absolute atomic E-state index is 0.0720. The number of carbonyl (C=O) groups is 2. The monoisotopic (exact) mass is 344 g/mol. The average molecular weight is 344 g/mol. The second-order valence-corrected chi connectivity index (χ2v) is 5.90. The Balaban J connectivity index is 1.82. The minimum atomic E-state index is -1.15. The second kappa shape index (κ2) is 6.43. The average Bonchev–Trinajstić information content (AvgIpc) is 3.09. The number of aromatic amines is 1. The van der Waals surface area contributed by atoms with Gasteiger partial charge in [0.1, 0.15) is 23.4 Å². The summed E-state index contributed by atoms with van der Waals surface area (Å²) in [6.07, 6.45) is 1.70. The van der Waals surface area contributed by atoms with Crippen LogP contribution < -0.4 is 5.32 Å². The van der Waals surface area contributed by atoms with Gasteiger partial charge in [0.2, 0.25) is 0 Å². The maximum atomic E-state index is 13.3. The molecule has 3 rings (SSSR count). The van der Waals surface area contributed by atoms with E-state index in [1.165, 1.54) is 12.1 Å². The Kier molecular flexibility index (Phi) is 4.31. The summed E-state index contributed by atoms with van der Waals surface area (Å²) in [6, 6.07) is 4.68. The van der Waals surface area contributed by atoms with Crippen molar-refractivity contribution < 1.29 is 23.5 Å². The molecule has 0 saturated carbocycles. The van der Waals surface area contributed by atoms with Crippen LogP contribution in [0.1, 0.15) is 27.4 Å². The number of H-pyrrole nitrogens is 1. The molecule has 6 nitrogen and oxygen atoms in total. The first-order chi connectivity index (χ1) is 11.8. The molecule has 0 fully saturated rings. The lowest BCUT2D eigenvalue weighted by atomic mass is 10.0. The molecule has 0 aliphatic carbocycles. The zero-order chi connectivity index (χ0) is 18.1. The molecule has 1 unspecified atom stereocenters. The van der Waals surface area contributed by atoms with Crippen LogP contribution in [0.15, 0.2) is 34.9 Å². The van der Waals surface area contributed by atoms with Crippen LogP contribution in [-0.2, 0) is 11.2 Å². The molecule has 0 aliphatic heterocycles. The highest BCUT2D eigenvalue weighted by Crippen LogP contribution is 2.21. The van der Waals surface area contributed by atoms with Crippen molar-refractivity contribution in [2.24, 2.45) is 0 Å². The molecule has 0 radical (unpaired) electrons. The molecule has 2 aromatic heterocycles. The number of fused-ring (bicyclic) bond motifs is 1. The van der Waals surface area contributed by atoms with Crippen molar-refractivity contribution in [3.8, 4) is 0 Å². The first kappa shape index (κ1) is 16.8. The molecule has 1 atom stereocenters. The molecule has 2 heterocycles. The number of aliphatic carboxylic acids is 1. The van der Waals surface area contributed by atoms with Crippen molar-refractivity contribution in [3.63, 3.8) is 0 Å². The highest BCUT2D eigenvalue weighted by Gasteiger charge is 2.24. The third-order valence-corrected chi connectivity index (χ3v) is 4.04. The van der Waals surface area contributed by atoms with Crippen LogP contribution in [0.2, 0.25) is 0 Å². The molecule has 0 spiro atoms. The summed E-state index contributed by atoms with van der Waals surface area (Å²) in [4.78, 5) is 26.8. The number of aromatic nitrogens is 1. The molecule has 3 N–H and O–H groups in total.